The van der Waals surface area contributed by atoms with Gasteiger partial charge in [0, 0.05) is 5.56 Å². The molecule has 0 unspecified atom stereocenters. The Bertz CT molecular complexity index is 500. The van der Waals surface area contributed by atoms with Gasteiger partial charge in [0.05, 0.1) is 0 Å². The molecule has 0 saturated carbocycles. The standard InChI is InChI=1S/C14H11NO/c1-15-11-12-6-5-9-14(10-12)16-13-7-3-2-4-8-13/h2-10H,11H2. The van der Waals surface area contributed by atoms with E-state index in [-0.39, 0.29) is 0 Å². The van der Waals surface area contributed by atoms with Crippen LogP contribution in [-0.2, 0) is 6.54 Å². The minimum atomic E-state index is 0.395. The van der Waals surface area contributed by atoms with Crippen LogP contribution in [0, 0.1) is 6.57 Å². The highest BCUT2D eigenvalue weighted by Crippen LogP contribution is 2.21. The summed E-state index contributed by atoms with van der Waals surface area (Å²) in [6, 6.07) is 17.2. The Morgan fingerprint density at radius 1 is 0.938 bits per heavy atom. The number of para-hydroxylation sites is 1. The van der Waals surface area contributed by atoms with Crippen molar-refractivity contribution >= 4 is 0 Å². The smallest absolute Gasteiger partial charge is 0.239 e. The summed E-state index contributed by atoms with van der Waals surface area (Å²) in [4.78, 5) is 3.35. The predicted octanol–water partition coefficient (Wildman–Crippen LogP) is 3.90. The first-order valence-corrected chi connectivity index (χ1v) is 5.03. The molecule has 0 aliphatic heterocycles. The highest BCUT2D eigenvalue weighted by molar-refractivity contribution is 5.34. The largest absolute Gasteiger partial charge is 0.457 e. The maximum Gasteiger partial charge on any atom is 0.239 e. The molecule has 0 aliphatic carbocycles. The molecule has 2 aromatic carbocycles. The monoisotopic (exact) mass is 209 g/mol. The summed E-state index contributed by atoms with van der Waals surface area (Å²) < 4.78 is 5.66. The van der Waals surface area contributed by atoms with Gasteiger partial charge in [0.1, 0.15) is 11.5 Å². The zero-order chi connectivity index (χ0) is 11.2. The van der Waals surface area contributed by atoms with Crippen LogP contribution in [0.4, 0.5) is 0 Å². The summed E-state index contributed by atoms with van der Waals surface area (Å²) in [5.41, 5.74) is 0.975. The molecule has 0 amide bonds. The van der Waals surface area contributed by atoms with Gasteiger partial charge >= 0.3 is 0 Å². The summed E-state index contributed by atoms with van der Waals surface area (Å²) in [6.45, 7) is 7.21. The Morgan fingerprint density at radius 2 is 1.69 bits per heavy atom. The van der Waals surface area contributed by atoms with Gasteiger partial charge in [-0.2, -0.15) is 0 Å². The average Bonchev–Trinajstić information content (AvgIpc) is 2.31. The Labute approximate surface area is 94.9 Å². The van der Waals surface area contributed by atoms with Crippen LogP contribution in [0.3, 0.4) is 0 Å². The van der Waals surface area contributed by atoms with Gasteiger partial charge in [0.2, 0.25) is 6.54 Å². The van der Waals surface area contributed by atoms with Crippen LogP contribution in [0.25, 0.3) is 4.85 Å². The normalized spacial score (nSPS) is 9.44. The Hall–Kier alpha value is -2.27. The van der Waals surface area contributed by atoms with E-state index >= 15 is 0 Å². The van der Waals surface area contributed by atoms with Gasteiger partial charge in [-0.25, -0.2) is 6.57 Å². The van der Waals surface area contributed by atoms with E-state index in [4.69, 9.17) is 11.3 Å². The number of ether oxygens (including phenoxy) is 1. The van der Waals surface area contributed by atoms with Crippen molar-refractivity contribution in [3.8, 4) is 11.5 Å². The van der Waals surface area contributed by atoms with Crippen molar-refractivity contribution < 1.29 is 4.74 Å². The van der Waals surface area contributed by atoms with Crippen molar-refractivity contribution in [1.82, 2.24) is 0 Å². The van der Waals surface area contributed by atoms with Crippen molar-refractivity contribution in [1.29, 1.82) is 0 Å². The Morgan fingerprint density at radius 3 is 2.44 bits per heavy atom. The third-order valence-corrected chi connectivity index (χ3v) is 2.14. The second kappa shape index (κ2) is 4.99. The lowest BCUT2D eigenvalue weighted by Gasteiger charge is -2.05. The van der Waals surface area contributed by atoms with Gasteiger partial charge in [-0.05, 0) is 24.3 Å². The number of benzene rings is 2. The zero-order valence-corrected chi connectivity index (χ0v) is 8.76. The van der Waals surface area contributed by atoms with Crippen molar-refractivity contribution in [3.63, 3.8) is 0 Å². The molecular formula is C14H11NO. The topological polar surface area (TPSA) is 13.6 Å². The molecule has 78 valence electrons. The molecule has 0 atom stereocenters. The minimum Gasteiger partial charge on any atom is -0.457 e. The van der Waals surface area contributed by atoms with Gasteiger partial charge in [-0.1, -0.05) is 30.3 Å². The van der Waals surface area contributed by atoms with E-state index < -0.39 is 0 Å². The Balaban J connectivity index is 2.16. The van der Waals surface area contributed by atoms with Crippen molar-refractivity contribution in [2.45, 2.75) is 6.54 Å². The molecule has 0 aliphatic rings. The fraction of sp³-hybridized carbons (Fsp3) is 0.0714. The van der Waals surface area contributed by atoms with Crippen LogP contribution >= 0.6 is 0 Å². The third kappa shape index (κ3) is 2.61. The maximum atomic E-state index is 6.82. The zero-order valence-electron chi connectivity index (χ0n) is 8.76. The summed E-state index contributed by atoms with van der Waals surface area (Å²) >= 11 is 0. The summed E-state index contributed by atoms with van der Waals surface area (Å²) in [5.74, 6) is 1.58. The maximum absolute atomic E-state index is 6.82. The van der Waals surface area contributed by atoms with E-state index in [0.717, 1.165) is 17.1 Å². The predicted molar refractivity (Wildman–Crippen MR) is 63.3 cm³/mol. The lowest BCUT2D eigenvalue weighted by Crippen LogP contribution is -1.85. The molecule has 2 heteroatoms. The lowest BCUT2D eigenvalue weighted by atomic mass is 10.2. The molecular weight excluding hydrogens is 198 g/mol. The molecule has 16 heavy (non-hydrogen) atoms. The number of rotatable bonds is 3. The van der Waals surface area contributed by atoms with E-state index in [1.165, 1.54) is 0 Å². The molecule has 0 fully saturated rings. The first-order chi connectivity index (χ1) is 7.88. The Kier molecular flexibility index (Phi) is 3.20. The summed E-state index contributed by atoms with van der Waals surface area (Å²) in [5, 5.41) is 0. The molecule has 0 radical (unpaired) electrons. The molecule has 0 saturated heterocycles. The first kappa shape index (κ1) is 10.3. The molecule has 0 bridgehead atoms. The quantitative estimate of drug-likeness (QED) is 0.699. The van der Waals surface area contributed by atoms with Crippen LogP contribution in [0.1, 0.15) is 5.56 Å². The van der Waals surface area contributed by atoms with E-state index in [2.05, 4.69) is 4.85 Å². The van der Waals surface area contributed by atoms with Crippen LogP contribution < -0.4 is 4.74 Å². The van der Waals surface area contributed by atoms with Crippen LogP contribution in [0.15, 0.2) is 54.6 Å². The minimum absolute atomic E-state index is 0.395. The van der Waals surface area contributed by atoms with E-state index in [0.29, 0.717) is 6.54 Å². The molecule has 2 nitrogen and oxygen atoms in total. The van der Waals surface area contributed by atoms with E-state index in [1.54, 1.807) is 0 Å². The van der Waals surface area contributed by atoms with Crippen LogP contribution in [0.2, 0.25) is 0 Å². The SMILES string of the molecule is [C-]#[N+]Cc1cccc(Oc2ccccc2)c1. The fourth-order valence-electron chi connectivity index (χ4n) is 1.42. The molecule has 0 spiro atoms. The second-order valence-electron chi connectivity index (χ2n) is 3.38. The molecule has 0 N–H and O–H groups in total. The van der Waals surface area contributed by atoms with Gasteiger partial charge in [0.15, 0.2) is 0 Å². The molecule has 2 aromatic rings. The summed E-state index contributed by atoms with van der Waals surface area (Å²) in [6.07, 6.45) is 0. The third-order valence-electron chi connectivity index (χ3n) is 2.14. The van der Waals surface area contributed by atoms with Gasteiger partial charge in [-0.3, -0.25) is 0 Å². The highest BCUT2D eigenvalue weighted by atomic mass is 16.5. The molecule has 0 heterocycles. The second-order valence-corrected chi connectivity index (χ2v) is 3.38. The van der Waals surface area contributed by atoms with E-state index in [1.807, 2.05) is 54.6 Å². The molecule has 0 aromatic heterocycles. The van der Waals surface area contributed by atoms with Crippen LogP contribution in [-0.4, -0.2) is 0 Å². The van der Waals surface area contributed by atoms with E-state index in [9.17, 15) is 0 Å². The van der Waals surface area contributed by atoms with Crippen molar-refractivity contribution in [3.05, 3.63) is 71.6 Å². The van der Waals surface area contributed by atoms with Gasteiger partial charge in [-0.15, -0.1) is 0 Å². The first-order valence-electron chi connectivity index (χ1n) is 5.03. The van der Waals surface area contributed by atoms with Gasteiger partial charge < -0.3 is 9.58 Å². The van der Waals surface area contributed by atoms with Crippen LogP contribution in [0.5, 0.6) is 11.5 Å². The number of hydrogen-bond donors (Lipinski definition) is 0. The number of nitrogens with zero attached hydrogens (tertiary/aromatic N) is 1. The fourth-order valence-corrected chi connectivity index (χ4v) is 1.42. The van der Waals surface area contributed by atoms with Gasteiger partial charge in [0.25, 0.3) is 0 Å². The number of hydrogen-bond acceptors (Lipinski definition) is 1. The molecule has 2 rings (SSSR count). The average molecular weight is 209 g/mol. The van der Waals surface area contributed by atoms with Crippen molar-refractivity contribution in [2.75, 3.05) is 0 Å². The van der Waals surface area contributed by atoms with Crippen molar-refractivity contribution in [2.24, 2.45) is 0 Å². The lowest BCUT2D eigenvalue weighted by molar-refractivity contribution is 0.482. The highest BCUT2D eigenvalue weighted by Gasteiger charge is 1.99. The summed E-state index contributed by atoms with van der Waals surface area (Å²) in [7, 11) is 0.